The summed E-state index contributed by atoms with van der Waals surface area (Å²) in [6, 6.07) is 7.48. The van der Waals surface area contributed by atoms with Crippen LogP contribution in [0.3, 0.4) is 0 Å². The van der Waals surface area contributed by atoms with Crippen LogP contribution in [0, 0.1) is 0 Å². The number of nitrogens with zero attached hydrogens (tertiary/aromatic N) is 1. The number of thiophene rings is 1. The van der Waals surface area contributed by atoms with Gasteiger partial charge in [-0.2, -0.15) is 4.31 Å². The highest BCUT2D eigenvalue weighted by Crippen LogP contribution is 2.29. The summed E-state index contributed by atoms with van der Waals surface area (Å²) in [5, 5.41) is 4.28. The highest BCUT2D eigenvalue weighted by Gasteiger charge is 2.27. The number of amides is 1. The largest absolute Gasteiger partial charge is 0.495 e. The third kappa shape index (κ3) is 5.12. The number of rotatable bonds is 7. The summed E-state index contributed by atoms with van der Waals surface area (Å²) in [7, 11) is -2.33. The summed E-state index contributed by atoms with van der Waals surface area (Å²) in [6.07, 6.45) is 0. The summed E-state index contributed by atoms with van der Waals surface area (Å²) >= 11 is 1.21. The number of carbonyl (C=O) groups excluding carboxylic acids is 2. The van der Waals surface area contributed by atoms with Crippen molar-refractivity contribution in [3.8, 4) is 5.75 Å². The Kier molecular flexibility index (Phi) is 6.85. The van der Waals surface area contributed by atoms with E-state index in [1.54, 1.807) is 17.5 Å². The summed E-state index contributed by atoms with van der Waals surface area (Å²) in [5.74, 6) is -0.983. The fraction of sp³-hybridized carbons (Fsp3) is 0.333. The lowest BCUT2D eigenvalue weighted by Crippen LogP contribution is -2.40. The molecule has 29 heavy (non-hydrogen) atoms. The maximum absolute atomic E-state index is 12.7. The van der Waals surface area contributed by atoms with Crippen molar-refractivity contribution in [1.82, 2.24) is 4.31 Å². The molecule has 1 aromatic carbocycles. The van der Waals surface area contributed by atoms with Crippen molar-refractivity contribution < 1.29 is 32.2 Å². The van der Waals surface area contributed by atoms with Crippen LogP contribution in [0.25, 0.3) is 0 Å². The zero-order valence-electron chi connectivity index (χ0n) is 15.6. The average Bonchev–Trinajstić information content (AvgIpc) is 3.28. The van der Waals surface area contributed by atoms with Gasteiger partial charge in [-0.15, -0.1) is 11.3 Å². The molecule has 1 aromatic heterocycles. The molecular formula is C18H20N2O7S2. The van der Waals surface area contributed by atoms with Crippen LogP contribution in [0.2, 0.25) is 0 Å². The Bertz CT molecular complexity index is 968. The van der Waals surface area contributed by atoms with E-state index in [0.717, 1.165) is 0 Å². The smallest absolute Gasteiger partial charge is 0.348 e. The molecule has 3 rings (SSSR count). The van der Waals surface area contributed by atoms with Crippen molar-refractivity contribution in [3.63, 3.8) is 0 Å². The monoisotopic (exact) mass is 440 g/mol. The molecule has 0 bridgehead atoms. The molecule has 0 aliphatic carbocycles. The summed E-state index contributed by atoms with van der Waals surface area (Å²) in [5.41, 5.74) is 0.269. The highest BCUT2D eigenvalue weighted by molar-refractivity contribution is 7.89. The number of anilines is 1. The molecule has 1 aliphatic heterocycles. The predicted molar refractivity (Wildman–Crippen MR) is 106 cm³/mol. The number of morpholine rings is 1. The Morgan fingerprint density at radius 1 is 1.24 bits per heavy atom. The third-order valence-corrected chi connectivity index (χ3v) is 6.86. The van der Waals surface area contributed by atoms with E-state index >= 15 is 0 Å². The molecular weight excluding hydrogens is 420 g/mol. The second-order valence-electron chi connectivity index (χ2n) is 5.98. The molecule has 0 radical (unpaired) electrons. The molecule has 1 aliphatic rings. The molecule has 0 unspecified atom stereocenters. The van der Waals surface area contributed by atoms with Gasteiger partial charge in [0.2, 0.25) is 10.0 Å². The predicted octanol–water partition coefficient (Wildman–Crippen LogP) is 1.57. The first kappa shape index (κ1) is 21.2. The first-order valence-electron chi connectivity index (χ1n) is 8.68. The van der Waals surface area contributed by atoms with Crippen LogP contribution in [0.15, 0.2) is 40.6 Å². The van der Waals surface area contributed by atoms with Crippen LogP contribution >= 0.6 is 11.3 Å². The quantitative estimate of drug-likeness (QED) is 0.651. The second-order valence-corrected chi connectivity index (χ2v) is 8.87. The number of hydrogen-bond donors (Lipinski definition) is 1. The van der Waals surface area contributed by atoms with Crippen LogP contribution in [0.4, 0.5) is 5.69 Å². The standard InChI is InChI=1S/C18H20N2O7S2/c1-25-15-11-13(29(23,24)20-6-8-26-9-7-20)4-5-14(15)19-17(21)12-27-18(22)16-3-2-10-28-16/h2-5,10-11H,6-9,12H2,1H3,(H,19,21). The normalized spacial score (nSPS) is 14.9. The van der Waals surface area contributed by atoms with E-state index in [0.29, 0.717) is 18.1 Å². The number of esters is 1. The van der Waals surface area contributed by atoms with Gasteiger partial charge in [-0.3, -0.25) is 4.79 Å². The van der Waals surface area contributed by atoms with Crippen LogP contribution in [-0.2, 0) is 24.3 Å². The lowest BCUT2D eigenvalue weighted by Gasteiger charge is -2.26. The number of hydrogen-bond acceptors (Lipinski definition) is 8. The van der Waals surface area contributed by atoms with Gasteiger partial charge in [0.15, 0.2) is 6.61 Å². The average molecular weight is 440 g/mol. The highest BCUT2D eigenvalue weighted by atomic mass is 32.2. The fourth-order valence-corrected chi connectivity index (χ4v) is 4.69. The van der Waals surface area contributed by atoms with E-state index in [4.69, 9.17) is 14.2 Å². The minimum atomic E-state index is -3.69. The van der Waals surface area contributed by atoms with Crippen molar-refractivity contribution in [2.45, 2.75) is 4.90 Å². The number of methoxy groups -OCH3 is 1. The van der Waals surface area contributed by atoms with Crippen LogP contribution in [-0.4, -0.2) is 64.6 Å². The van der Waals surface area contributed by atoms with Gasteiger partial charge in [0, 0.05) is 19.2 Å². The van der Waals surface area contributed by atoms with E-state index in [9.17, 15) is 18.0 Å². The fourth-order valence-electron chi connectivity index (χ4n) is 2.65. The minimum absolute atomic E-state index is 0.0540. The Balaban J connectivity index is 1.67. The molecule has 1 N–H and O–H groups in total. The van der Waals surface area contributed by atoms with E-state index in [1.807, 2.05) is 0 Å². The molecule has 1 saturated heterocycles. The van der Waals surface area contributed by atoms with Crippen LogP contribution < -0.4 is 10.1 Å². The summed E-state index contributed by atoms with van der Waals surface area (Å²) in [6.45, 7) is 0.759. The van der Waals surface area contributed by atoms with Gasteiger partial charge < -0.3 is 19.5 Å². The van der Waals surface area contributed by atoms with Gasteiger partial charge >= 0.3 is 5.97 Å². The van der Waals surface area contributed by atoms with Gasteiger partial charge in [-0.25, -0.2) is 13.2 Å². The van der Waals surface area contributed by atoms with Gasteiger partial charge in [-0.1, -0.05) is 6.07 Å². The Labute approximate surface area is 172 Å². The maximum Gasteiger partial charge on any atom is 0.348 e. The van der Waals surface area contributed by atoms with E-state index in [-0.39, 0.29) is 29.4 Å². The summed E-state index contributed by atoms with van der Waals surface area (Å²) in [4.78, 5) is 24.3. The zero-order valence-corrected chi connectivity index (χ0v) is 17.3. The lowest BCUT2D eigenvalue weighted by atomic mass is 10.3. The van der Waals surface area contributed by atoms with Crippen molar-refractivity contribution in [1.29, 1.82) is 0 Å². The van der Waals surface area contributed by atoms with Crippen LogP contribution in [0.5, 0.6) is 5.75 Å². The molecule has 0 atom stereocenters. The maximum atomic E-state index is 12.7. The Hall–Kier alpha value is -2.47. The number of carbonyl (C=O) groups is 2. The molecule has 1 fully saturated rings. The number of nitrogens with one attached hydrogen (secondary N) is 1. The van der Waals surface area contributed by atoms with Crippen LogP contribution in [0.1, 0.15) is 9.67 Å². The summed E-state index contributed by atoms with van der Waals surface area (Å²) < 4.78 is 42.2. The molecule has 2 aromatic rings. The molecule has 156 valence electrons. The molecule has 0 spiro atoms. The van der Waals surface area contributed by atoms with Crippen molar-refractivity contribution in [2.75, 3.05) is 45.3 Å². The number of benzene rings is 1. The minimum Gasteiger partial charge on any atom is -0.495 e. The van der Waals surface area contributed by atoms with E-state index < -0.39 is 28.5 Å². The van der Waals surface area contributed by atoms with Gasteiger partial charge in [0.25, 0.3) is 5.91 Å². The van der Waals surface area contributed by atoms with Crippen molar-refractivity contribution in [3.05, 3.63) is 40.6 Å². The zero-order chi connectivity index (χ0) is 20.9. The SMILES string of the molecule is COc1cc(S(=O)(=O)N2CCOCC2)ccc1NC(=O)COC(=O)c1cccs1. The topological polar surface area (TPSA) is 111 Å². The Morgan fingerprint density at radius 3 is 2.66 bits per heavy atom. The molecule has 2 heterocycles. The van der Waals surface area contributed by atoms with Gasteiger partial charge in [0.1, 0.15) is 10.6 Å². The lowest BCUT2D eigenvalue weighted by molar-refractivity contribution is -0.119. The van der Waals surface area contributed by atoms with E-state index in [1.165, 1.54) is 41.0 Å². The number of sulfonamides is 1. The van der Waals surface area contributed by atoms with Crippen molar-refractivity contribution >= 4 is 38.9 Å². The third-order valence-electron chi connectivity index (χ3n) is 4.11. The molecule has 9 nitrogen and oxygen atoms in total. The number of ether oxygens (including phenoxy) is 3. The second kappa shape index (κ2) is 9.35. The van der Waals surface area contributed by atoms with Crippen molar-refractivity contribution in [2.24, 2.45) is 0 Å². The molecule has 1 amide bonds. The Morgan fingerprint density at radius 2 is 2.00 bits per heavy atom. The molecule has 11 heteroatoms. The van der Waals surface area contributed by atoms with E-state index in [2.05, 4.69) is 5.32 Å². The van der Waals surface area contributed by atoms with Gasteiger partial charge in [-0.05, 0) is 23.6 Å². The first-order chi connectivity index (χ1) is 13.9. The first-order valence-corrected chi connectivity index (χ1v) is 11.0. The molecule has 0 saturated carbocycles. The van der Waals surface area contributed by atoms with Gasteiger partial charge in [0.05, 0.1) is 30.9 Å².